The quantitative estimate of drug-likeness (QED) is 0.564. The Kier molecular flexibility index (Phi) is 2.49. The fraction of sp³-hybridized carbons (Fsp3) is 0.917. The number of rotatable bonds is 2. The van der Waals surface area contributed by atoms with Crippen LogP contribution in [0.25, 0.3) is 0 Å². The van der Waals surface area contributed by atoms with Crippen LogP contribution < -0.4 is 0 Å². The zero-order chi connectivity index (χ0) is 10.6. The molecule has 0 unspecified atom stereocenters. The zero-order valence-electron chi connectivity index (χ0n) is 9.27. The minimum absolute atomic E-state index is 0.288. The third-order valence-corrected chi connectivity index (χ3v) is 5.28. The summed E-state index contributed by atoms with van der Waals surface area (Å²) in [4.78, 5) is 11.9. The summed E-state index contributed by atoms with van der Waals surface area (Å²) in [5.74, 6) is 1.70. The average molecular weight is 306 g/mol. The molecule has 1 nitrogen and oxygen atoms in total. The topological polar surface area (TPSA) is 17.1 Å². The summed E-state index contributed by atoms with van der Waals surface area (Å²) < 4.78 is 1.18. The first kappa shape index (κ1) is 10.9. The lowest BCUT2D eigenvalue weighted by molar-refractivity contribution is -0.173. The van der Waals surface area contributed by atoms with E-state index in [9.17, 15) is 4.79 Å². The van der Waals surface area contributed by atoms with Gasteiger partial charge < -0.3 is 0 Å². The normalized spacial score (nSPS) is 44.7. The molecular weight excluding hydrogens is 287 g/mol. The molecule has 3 rings (SSSR count). The maximum Gasteiger partial charge on any atom is 0.137 e. The monoisotopic (exact) mass is 306 g/mol. The second kappa shape index (κ2) is 3.19. The Labute approximate surface area is 100 Å². The molecule has 80 valence electrons. The number of fused-ring (bicyclic) bond motifs is 2. The van der Waals surface area contributed by atoms with Crippen LogP contribution in [0.1, 0.15) is 40.0 Å². The minimum atomic E-state index is 0.288. The van der Waals surface area contributed by atoms with Crippen molar-refractivity contribution in [1.29, 1.82) is 0 Å². The molecule has 14 heavy (non-hydrogen) atoms. The highest BCUT2D eigenvalue weighted by Crippen LogP contribution is 2.65. The van der Waals surface area contributed by atoms with Crippen LogP contribution in [0.5, 0.6) is 0 Å². The van der Waals surface area contributed by atoms with Gasteiger partial charge in [-0.15, -0.1) is 0 Å². The van der Waals surface area contributed by atoms with E-state index in [1.165, 1.54) is 17.3 Å². The van der Waals surface area contributed by atoms with Gasteiger partial charge in [0.1, 0.15) is 5.78 Å². The van der Waals surface area contributed by atoms with Gasteiger partial charge in [-0.05, 0) is 29.6 Å². The molecule has 3 saturated carbocycles. The van der Waals surface area contributed by atoms with Crippen LogP contribution in [-0.4, -0.2) is 10.2 Å². The Bertz CT molecular complexity index is 271. The van der Waals surface area contributed by atoms with E-state index in [0.717, 1.165) is 12.3 Å². The highest BCUT2D eigenvalue weighted by Gasteiger charge is 2.62. The van der Waals surface area contributed by atoms with E-state index in [2.05, 4.69) is 43.4 Å². The van der Waals surface area contributed by atoms with Gasteiger partial charge in [-0.25, -0.2) is 0 Å². The van der Waals surface area contributed by atoms with Gasteiger partial charge in [0.15, 0.2) is 0 Å². The van der Waals surface area contributed by atoms with Crippen LogP contribution in [0.4, 0.5) is 0 Å². The number of carbonyl (C=O) groups excluding carboxylic acids is 1. The highest BCUT2D eigenvalue weighted by atomic mass is 127. The molecule has 0 saturated heterocycles. The lowest BCUT2D eigenvalue weighted by Gasteiger charge is -2.63. The van der Waals surface area contributed by atoms with Gasteiger partial charge in [0.05, 0.1) is 0 Å². The first-order chi connectivity index (χ1) is 6.42. The van der Waals surface area contributed by atoms with Crippen LogP contribution in [0.15, 0.2) is 0 Å². The molecule has 0 aromatic carbocycles. The largest absolute Gasteiger partial charge is 0.299 e. The van der Waals surface area contributed by atoms with E-state index in [0.29, 0.717) is 17.1 Å². The number of carbonyl (C=O) groups is 1. The van der Waals surface area contributed by atoms with Crippen molar-refractivity contribution in [3.05, 3.63) is 0 Å². The van der Waals surface area contributed by atoms with Gasteiger partial charge in [-0.2, -0.15) is 0 Å². The van der Waals surface area contributed by atoms with Crippen molar-refractivity contribution in [2.24, 2.45) is 22.7 Å². The fourth-order valence-electron chi connectivity index (χ4n) is 3.78. The third-order valence-electron chi connectivity index (χ3n) is 4.74. The van der Waals surface area contributed by atoms with Gasteiger partial charge in [0.2, 0.25) is 0 Å². The van der Waals surface area contributed by atoms with Crippen molar-refractivity contribution < 1.29 is 4.79 Å². The molecular formula is C12H19IO. The Hall–Kier alpha value is 0.400. The summed E-state index contributed by atoms with van der Waals surface area (Å²) >= 11 is 2.43. The maximum atomic E-state index is 11.9. The van der Waals surface area contributed by atoms with Crippen molar-refractivity contribution in [3.63, 3.8) is 0 Å². The molecule has 0 aromatic heterocycles. The van der Waals surface area contributed by atoms with Crippen molar-refractivity contribution in [2.75, 3.05) is 4.43 Å². The molecule has 0 N–H and O–H groups in total. The summed E-state index contributed by atoms with van der Waals surface area (Å²) in [5, 5.41) is 0. The van der Waals surface area contributed by atoms with E-state index in [4.69, 9.17) is 0 Å². The fourth-order valence-corrected chi connectivity index (χ4v) is 5.01. The Morgan fingerprint density at radius 1 is 1.43 bits per heavy atom. The maximum absolute atomic E-state index is 11.9. The van der Waals surface area contributed by atoms with Gasteiger partial charge in [0.25, 0.3) is 0 Å². The summed E-state index contributed by atoms with van der Waals surface area (Å²) in [6, 6.07) is 0. The summed E-state index contributed by atoms with van der Waals surface area (Å²) in [5.41, 5.74) is 0.590. The Balaban J connectivity index is 2.25. The van der Waals surface area contributed by atoms with Crippen LogP contribution in [-0.2, 0) is 4.79 Å². The number of ketones is 1. The summed E-state index contributed by atoms with van der Waals surface area (Å²) in [7, 11) is 0. The first-order valence-electron chi connectivity index (χ1n) is 5.50. The average Bonchev–Trinajstić information content (AvgIpc) is 2.01. The van der Waals surface area contributed by atoms with Crippen molar-refractivity contribution >= 4 is 28.4 Å². The van der Waals surface area contributed by atoms with Crippen molar-refractivity contribution in [2.45, 2.75) is 40.0 Å². The first-order valence-corrected chi connectivity index (χ1v) is 7.03. The van der Waals surface area contributed by atoms with Gasteiger partial charge in [0, 0.05) is 16.8 Å². The standard InChI is InChI=1S/C12H19IO/c1-11(2)8-6-10(11)12(3,4-5-13)7-9(8)14/h8,10H,4-7H2,1-3H3/t8-,10-,12+/m1/s1. The third kappa shape index (κ3) is 1.29. The SMILES string of the molecule is CC1(C)[C@@H]2C[C@H]1[C@@](C)(CCI)CC2=O. The molecule has 0 heterocycles. The number of halogens is 1. The Morgan fingerprint density at radius 3 is 2.50 bits per heavy atom. The van der Waals surface area contributed by atoms with E-state index >= 15 is 0 Å². The predicted octanol–water partition coefficient (Wildman–Crippen LogP) is 3.45. The number of hydrogen-bond acceptors (Lipinski definition) is 1. The zero-order valence-corrected chi connectivity index (χ0v) is 11.4. The molecule has 0 aromatic rings. The Morgan fingerprint density at radius 2 is 2.07 bits per heavy atom. The number of hydrogen-bond donors (Lipinski definition) is 0. The van der Waals surface area contributed by atoms with Gasteiger partial charge in [-0.3, -0.25) is 4.79 Å². The molecule has 0 radical (unpaired) electrons. The summed E-state index contributed by atoms with van der Waals surface area (Å²) in [6.07, 6.45) is 3.22. The second-order valence-electron chi connectivity index (χ2n) is 5.90. The molecule has 2 heteroatoms. The van der Waals surface area contributed by atoms with Gasteiger partial charge >= 0.3 is 0 Å². The van der Waals surface area contributed by atoms with Crippen molar-refractivity contribution in [3.8, 4) is 0 Å². The van der Waals surface area contributed by atoms with Crippen LogP contribution >= 0.6 is 22.6 Å². The second-order valence-corrected chi connectivity index (χ2v) is 6.98. The van der Waals surface area contributed by atoms with E-state index < -0.39 is 0 Å². The van der Waals surface area contributed by atoms with Crippen LogP contribution in [0.3, 0.4) is 0 Å². The minimum Gasteiger partial charge on any atom is -0.299 e. The molecule has 3 aliphatic carbocycles. The van der Waals surface area contributed by atoms with Gasteiger partial charge in [-0.1, -0.05) is 43.4 Å². The molecule has 3 atom stereocenters. The molecule has 0 amide bonds. The lowest BCUT2D eigenvalue weighted by Crippen LogP contribution is -2.61. The number of alkyl halides is 1. The molecule has 2 bridgehead atoms. The van der Waals surface area contributed by atoms with E-state index in [1.807, 2.05) is 0 Å². The molecule has 3 aliphatic rings. The van der Waals surface area contributed by atoms with Crippen LogP contribution in [0.2, 0.25) is 0 Å². The highest BCUT2D eigenvalue weighted by molar-refractivity contribution is 14.1. The van der Waals surface area contributed by atoms with E-state index in [-0.39, 0.29) is 5.41 Å². The molecule has 3 fully saturated rings. The number of Topliss-reactive ketones (excluding diaryl/α,β-unsaturated/α-hetero) is 1. The molecule has 0 aliphatic heterocycles. The smallest absolute Gasteiger partial charge is 0.137 e. The predicted molar refractivity (Wildman–Crippen MR) is 66.6 cm³/mol. The lowest BCUT2D eigenvalue weighted by atomic mass is 9.40. The van der Waals surface area contributed by atoms with E-state index in [1.54, 1.807) is 0 Å². The van der Waals surface area contributed by atoms with Crippen LogP contribution in [0, 0.1) is 22.7 Å². The molecule has 0 spiro atoms. The summed E-state index contributed by atoms with van der Waals surface area (Å²) in [6.45, 7) is 6.90. The van der Waals surface area contributed by atoms with Crippen molar-refractivity contribution in [1.82, 2.24) is 0 Å².